The molecule has 0 aliphatic rings. The topological polar surface area (TPSA) is 55.4 Å². The van der Waals surface area contributed by atoms with Crippen LogP contribution in [0.25, 0.3) is 0 Å². The third-order valence-electron chi connectivity index (χ3n) is 1.63. The monoisotopic (exact) mass is 205 g/mol. The number of hydrogen-bond donors (Lipinski definition) is 1. The minimum absolute atomic E-state index is 0.165. The molecule has 0 saturated carbocycles. The van der Waals surface area contributed by atoms with Gasteiger partial charge in [0.2, 0.25) is 0 Å². The molecule has 0 unspecified atom stereocenters. The van der Waals surface area contributed by atoms with E-state index in [0.717, 1.165) is 6.29 Å². The predicted octanol–water partition coefficient (Wildman–Crippen LogP) is 2.23. The Morgan fingerprint density at radius 1 is 1.40 bits per heavy atom. The van der Waals surface area contributed by atoms with Crippen molar-refractivity contribution in [3.63, 3.8) is 0 Å². The van der Waals surface area contributed by atoms with Gasteiger partial charge in [0, 0.05) is 11.3 Å². The second-order valence-corrected chi connectivity index (χ2v) is 2.75. The molecule has 1 N–H and O–H groups in total. The molecule has 0 fully saturated rings. The van der Waals surface area contributed by atoms with Crippen LogP contribution in [0.5, 0.6) is 0 Å². The first-order valence-electron chi connectivity index (χ1n) is 4.36. The highest BCUT2D eigenvalue weighted by Gasteiger charge is 2.01. The number of amides is 1. The number of rotatable bonds is 4. The van der Waals surface area contributed by atoms with Crippen molar-refractivity contribution >= 4 is 18.1 Å². The molecule has 1 amide bonds. The summed E-state index contributed by atoms with van der Waals surface area (Å²) in [5.74, 6) is 0. The Hall–Kier alpha value is -2.10. The first-order chi connectivity index (χ1) is 7.26. The van der Waals surface area contributed by atoms with Gasteiger partial charge < -0.3 is 4.74 Å². The second-order valence-electron chi connectivity index (χ2n) is 2.75. The van der Waals surface area contributed by atoms with Crippen LogP contribution in [0.4, 0.5) is 10.5 Å². The highest BCUT2D eigenvalue weighted by molar-refractivity contribution is 5.85. The van der Waals surface area contributed by atoms with Crippen LogP contribution in [-0.4, -0.2) is 19.0 Å². The number of hydrogen-bond acceptors (Lipinski definition) is 3. The first-order valence-corrected chi connectivity index (χ1v) is 4.36. The van der Waals surface area contributed by atoms with Crippen LogP contribution in [0.2, 0.25) is 0 Å². The Kier molecular flexibility index (Phi) is 4.09. The van der Waals surface area contributed by atoms with E-state index >= 15 is 0 Å². The molecule has 78 valence electrons. The summed E-state index contributed by atoms with van der Waals surface area (Å²) in [5.41, 5.74) is 1.13. The fourth-order valence-electron chi connectivity index (χ4n) is 0.934. The minimum atomic E-state index is -0.547. The Balaban J connectivity index is 2.53. The third-order valence-corrected chi connectivity index (χ3v) is 1.63. The summed E-state index contributed by atoms with van der Waals surface area (Å²) in [6, 6.07) is 6.46. The quantitative estimate of drug-likeness (QED) is 0.605. The van der Waals surface area contributed by atoms with Crippen molar-refractivity contribution in [1.82, 2.24) is 0 Å². The Morgan fingerprint density at radius 3 is 2.60 bits per heavy atom. The van der Waals surface area contributed by atoms with E-state index in [-0.39, 0.29) is 6.61 Å². The zero-order chi connectivity index (χ0) is 11.1. The third kappa shape index (κ3) is 3.64. The largest absolute Gasteiger partial charge is 0.445 e. The van der Waals surface area contributed by atoms with Crippen LogP contribution in [0.1, 0.15) is 10.4 Å². The second kappa shape index (κ2) is 5.59. The summed E-state index contributed by atoms with van der Waals surface area (Å²) in [6.45, 7) is 3.58. The highest BCUT2D eigenvalue weighted by atomic mass is 16.5. The van der Waals surface area contributed by atoms with Gasteiger partial charge in [0.25, 0.3) is 0 Å². The van der Waals surface area contributed by atoms with E-state index in [1.54, 1.807) is 24.3 Å². The van der Waals surface area contributed by atoms with Crippen molar-refractivity contribution < 1.29 is 14.3 Å². The zero-order valence-electron chi connectivity index (χ0n) is 8.10. The maximum atomic E-state index is 11.1. The van der Waals surface area contributed by atoms with Gasteiger partial charge >= 0.3 is 6.09 Å². The molecule has 1 aromatic carbocycles. The molecule has 0 heterocycles. The van der Waals surface area contributed by atoms with E-state index in [1.807, 2.05) is 0 Å². The van der Waals surface area contributed by atoms with E-state index in [2.05, 4.69) is 11.9 Å². The lowest BCUT2D eigenvalue weighted by atomic mass is 10.2. The lowest BCUT2D eigenvalue weighted by molar-refractivity contribution is 0.112. The average molecular weight is 205 g/mol. The molecule has 0 bridgehead atoms. The lowest BCUT2D eigenvalue weighted by Crippen LogP contribution is -2.13. The van der Waals surface area contributed by atoms with Crippen LogP contribution < -0.4 is 5.32 Å². The van der Waals surface area contributed by atoms with E-state index in [1.165, 1.54) is 6.08 Å². The van der Waals surface area contributed by atoms with Crippen molar-refractivity contribution in [3.8, 4) is 0 Å². The first kappa shape index (κ1) is 11.0. The molecule has 0 aliphatic carbocycles. The van der Waals surface area contributed by atoms with E-state index in [0.29, 0.717) is 11.3 Å². The molecule has 1 aromatic rings. The maximum absolute atomic E-state index is 11.1. The molecule has 0 aliphatic heterocycles. The smallest absolute Gasteiger partial charge is 0.411 e. The molecule has 4 nitrogen and oxygen atoms in total. The van der Waals surface area contributed by atoms with Gasteiger partial charge in [-0.05, 0) is 24.3 Å². The normalized spacial score (nSPS) is 9.07. The van der Waals surface area contributed by atoms with Crippen molar-refractivity contribution in [1.29, 1.82) is 0 Å². The van der Waals surface area contributed by atoms with Crippen molar-refractivity contribution in [2.24, 2.45) is 0 Å². The van der Waals surface area contributed by atoms with Gasteiger partial charge in [0.1, 0.15) is 12.9 Å². The van der Waals surface area contributed by atoms with Crippen LogP contribution in [0.3, 0.4) is 0 Å². The number of carbonyl (C=O) groups is 2. The number of aldehydes is 1. The predicted molar refractivity (Wildman–Crippen MR) is 57.0 cm³/mol. The van der Waals surface area contributed by atoms with Crippen LogP contribution in [-0.2, 0) is 4.74 Å². The van der Waals surface area contributed by atoms with Gasteiger partial charge in [-0.3, -0.25) is 10.1 Å². The lowest BCUT2D eigenvalue weighted by Gasteiger charge is -2.04. The van der Waals surface area contributed by atoms with E-state index in [9.17, 15) is 9.59 Å². The SMILES string of the molecule is C=CCOC(=O)Nc1ccc(C=O)cc1. The number of anilines is 1. The summed E-state index contributed by atoms with van der Waals surface area (Å²) >= 11 is 0. The number of ether oxygens (including phenoxy) is 1. The van der Waals surface area contributed by atoms with Crippen molar-refractivity contribution in [3.05, 3.63) is 42.5 Å². The number of carbonyl (C=O) groups excluding carboxylic acids is 2. The molecule has 4 heteroatoms. The van der Waals surface area contributed by atoms with Crippen molar-refractivity contribution in [2.45, 2.75) is 0 Å². The van der Waals surface area contributed by atoms with E-state index in [4.69, 9.17) is 4.74 Å². The van der Waals surface area contributed by atoms with Gasteiger partial charge in [-0.1, -0.05) is 12.7 Å². The van der Waals surface area contributed by atoms with Crippen LogP contribution >= 0.6 is 0 Å². The standard InChI is InChI=1S/C11H11NO3/c1-2-7-15-11(14)12-10-5-3-9(8-13)4-6-10/h2-6,8H,1,7H2,(H,12,14). The molecule has 0 saturated heterocycles. The average Bonchev–Trinajstić information content (AvgIpc) is 2.27. The molecule has 1 rings (SSSR count). The van der Waals surface area contributed by atoms with Gasteiger partial charge in [-0.25, -0.2) is 4.79 Å². The summed E-state index contributed by atoms with van der Waals surface area (Å²) < 4.78 is 4.71. The summed E-state index contributed by atoms with van der Waals surface area (Å²) in [6.07, 6.45) is 1.67. The Morgan fingerprint density at radius 2 is 2.07 bits per heavy atom. The molecule has 0 radical (unpaired) electrons. The van der Waals surface area contributed by atoms with Crippen LogP contribution in [0.15, 0.2) is 36.9 Å². The fourth-order valence-corrected chi connectivity index (χ4v) is 0.934. The number of benzene rings is 1. The molecule has 0 aromatic heterocycles. The molecular formula is C11H11NO3. The Labute approximate surface area is 87.6 Å². The van der Waals surface area contributed by atoms with Gasteiger partial charge in [0.05, 0.1) is 0 Å². The minimum Gasteiger partial charge on any atom is -0.445 e. The van der Waals surface area contributed by atoms with Crippen molar-refractivity contribution in [2.75, 3.05) is 11.9 Å². The zero-order valence-corrected chi connectivity index (χ0v) is 8.10. The summed E-state index contributed by atoms with van der Waals surface area (Å²) in [5, 5.41) is 2.50. The van der Waals surface area contributed by atoms with Crippen LogP contribution in [0, 0.1) is 0 Å². The molecule has 0 spiro atoms. The highest BCUT2D eigenvalue weighted by Crippen LogP contribution is 2.08. The maximum Gasteiger partial charge on any atom is 0.411 e. The molecule has 15 heavy (non-hydrogen) atoms. The molecular weight excluding hydrogens is 194 g/mol. The van der Waals surface area contributed by atoms with Gasteiger partial charge in [-0.2, -0.15) is 0 Å². The summed E-state index contributed by atoms with van der Waals surface area (Å²) in [4.78, 5) is 21.4. The fraction of sp³-hybridized carbons (Fsp3) is 0.0909. The van der Waals surface area contributed by atoms with Gasteiger partial charge in [-0.15, -0.1) is 0 Å². The summed E-state index contributed by atoms with van der Waals surface area (Å²) in [7, 11) is 0. The molecule has 0 atom stereocenters. The Bertz CT molecular complexity index is 357. The van der Waals surface area contributed by atoms with E-state index < -0.39 is 6.09 Å². The number of nitrogens with one attached hydrogen (secondary N) is 1. The van der Waals surface area contributed by atoms with Gasteiger partial charge in [0.15, 0.2) is 0 Å².